The van der Waals surface area contributed by atoms with Gasteiger partial charge in [-0.05, 0) is 31.0 Å². The molecule has 2 aromatic carbocycles. The summed E-state index contributed by atoms with van der Waals surface area (Å²) in [5.41, 5.74) is 1.30. The van der Waals surface area contributed by atoms with E-state index in [9.17, 15) is 13.6 Å². The van der Waals surface area contributed by atoms with Crippen molar-refractivity contribution in [1.29, 1.82) is 0 Å². The lowest BCUT2D eigenvalue weighted by molar-refractivity contribution is -0.132. The molecule has 134 valence electrons. The summed E-state index contributed by atoms with van der Waals surface area (Å²) in [4.78, 5) is 19.0. The summed E-state index contributed by atoms with van der Waals surface area (Å²) in [5, 5.41) is 0.934. The smallest absolute Gasteiger partial charge is 0.223 e. The second-order valence-corrected chi connectivity index (χ2v) is 7.68. The normalized spacial score (nSPS) is 13.9. The van der Waals surface area contributed by atoms with Gasteiger partial charge in [0.15, 0.2) is 0 Å². The van der Waals surface area contributed by atoms with E-state index in [0.29, 0.717) is 18.4 Å². The zero-order valence-corrected chi connectivity index (χ0v) is 14.9. The molecule has 0 atom stereocenters. The van der Waals surface area contributed by atoms with E-state index in [2.05, 4.69) is 4.98 Å². The van der Waals surface area contributed by atoms with Crippen molar-refractivity contribution in [1.82, 2.24) is 9.88 Å². The highest BCUT2D eigenvalue weighted by molar-refractivity contribution is 7.18. The summed E-state index contributed by atoms with van der Waals surface area (Å²) in [6.45, 7) is 0.190. The van der Waals surface area contributed by atoms with Crippen LogP contribution < -0.4 is 0 Å². The number of rotatable bonds is 6. The molecule has 1 aromatic heterocycles. The summed E-state index contributed by atoms with van der Waals surface area (Å²) >= 11 is 1.60. The van der Waals surface area contributed by atoms with Crippen molar-refractivity contribution in [2.45, 2.75) is 38.3 Å². The number of hydrogen-bond acceptors (Lipinski definition) is 3. The van der Waals surface area contributed by atoms with E-state index >= 15 is 0 Å². The van der Waals surface area contributed by atoms with Gasteiger partial charge in [0, 0.05) is 37.1 Å². The highest BCUT2D eigenvalue weighted by Crippen LogP contribution is 2.30. The van der Waals surface area contributed by atoms with E-state index in [1.54, 1.807) is 16.2 Å². The summed E-state index contributed by atoms with van der Waals surface area (Å²) in [6.07, 6.45) is 2.80. The molecule has 0 N–H and O–H groups in total. The quantitative estimate of drug-likeness (QED) is 0.628. The Labute approximate surface area is 154 Å². The van der Waals surface area contributed by atoms with Gasteiger partial charge in [-0.2, -0.15) is 0 Å². The molecule has 3 aromatic rings. The van der Waals surface area contributed by atoms with Crippen LogP contribution in [0.4, 0.5) is 8.78 Å². The zero-order chi connectivity index (χ0) is 18.1. The molecule has 3 nitrogen and oxygen atoms in total. The Bertz CT molecular complexity index is 919. The fourth-order valence-electron chi connectivity index (χ4n) is 3.02. The van der Waals surface area contributed by atoms with E-state index in [4.69, 9.17) is 0 Å². The number of amides is 1. The molecule has 1 heterocycles. The van der Waals surface area contributed by atoms with E-state index in [1.165, 1.54) is 12.1 Å². The van der Waals surface area contributed by atoms with Crippen LogP contribution in [0.25, 0.3) is 10.2 Å². The average molecular weight is 372 g/mol. The fraction of sp³-hybridized carbons (Fsp3) is 0.300. The molecule has 4 rings (SSSR count). The second-order valence-electron chi connectivity index (χ2n) is 6.56. The number of aryl methyl sites for hydroxylation is 1. The lowest BCUT2D eigenvalue weighted by Crippen LogP contribution is -2.33. The maximum absolute atomic E-state index is 13.9. The van der Waals surface area contributed by atoms with Crippen LogP contribution in [-0.2, 0) is 17.8 Å². The van der Waals surface area contributed by atoms with Gasteiger partial charge in [0.2, 0.25) is 5.91 Å². The van der Waals surface area contributed by atoms with Crippen LogP contribution in [0.15, 0.2) is 42.5 Å². The maximum atomic E-state index is 13.9. The van der Waals surface area contributed by atoms with E-state index in [-0.39, 0.29) is 18.5 Å². The highest BCUT2D eigenvalue weighted by atomic mass is 32.1. The molecule has 6 heteroatoms. The van der Waals surface area contributed by atoms with Crippen LogP contribution >= 0.6 is 11.3 Å². The number of hydrogen-bond donors (Lipinski definition) is 0. The maximum Gasteiger partial charge on any atom is 0.223 e. The number of carbonyl (C=O) groups excluding carboxylic acids is 1. The molecule has 0 aliphatic heterocycles. The van der Waals surface area contributed by atoms with E-state index < -0.39 is 11.6 Å². The van der Waals surface area contributed by atoms with Gasteiger partial charge in [-0.1, -0.05) is 18.2 Å². The Morgan fingerprint density at radius 3 is 2.73 bits per heavy atom. The molecular weight excluding hydrogens is 354 g/mol. The molecule has 0 bridgehead atoms. The number of benzene rings is 2. The summed E-state index contributed by atoms with van der Waals surface area (Å²) in [5.74, 6) is -1.21. The minimum Gasteiger partial charge on any atom is -0.335 e. The molecule has 0 radical (unpaired) electrons. The van der Waals surface area contributed by atoms with Crippen LogP contribution in [0, 0.1) is 11.6 Å². The SMILES string of the molecule is O=C(CCc1nc2ccccc2s1)N(Cc1ccc(F)cc1F)C1CC1. The van der Waals surface area contributed by atoms with Gasteiger partial charge in [-0.25, -0.2) is 13.8 Å². The number of carbonyl (C=O) groups is 1. The van der Waals surface area contributed by atoms with Crippen molar-refractivity contribution in [3.63, 3.8) is 0 Å². The van der Waals surface area contributed by atoms with Crippen molar-refractivity contribution in [3.05, 3.63) is 64.7 Å². The van der Waals surface area contributed by atoms with Gasteiger partial charge in [0.25, 0.3) is 0 Å². The Balaban J connectivity index is 1.44. The Morgan fingerprint density at radius 2 is 2.00 bits per heavy atom. The van der Waals surface area contributed by atoms with Gasteiger partial charge in [0.05, 0.1) is 15.2 Å². The van der Waals surface area contributed by atoms with Crippen molar-refractivity contribution >= 4 is 27.5 Å². The van der Waals surface area contributed by atoms with Crippen molar-refractivity contribution in [2.75, 3.05) is 0 Å². The third-order valence-electron chi connectivity index (χ3n) is 4.55. The molecule has 1 aliphatic carbocycles. The number of thiazole rings is 1. The lowest BCUT2D eigenvalue weighted by Gasteiger charge is -2.22. The molecule has 26 heavy (non-hydrogen) atoms. The van der Waals surface area contributed by atoms with Crippen LogP contribution in [-0.4, -0.2) is 21.8 Å². The predicted molar refractivity (Wildman–Crippen MR) is 97.9 cm³/mol. The van der Waals surface area contributed by atoms with Gasteiger partial charge in [-0.15, -0.1) is 11.3 Å². The fourth-order valence-corrected chi connectivity index (χ4v) is 3.99. The number of nitrogens with zero attached hydrogens (tertiary/aromatic N) is 2. The summed E-state index contributed by atoms with van der Waals surface area (Å²) in [6, 6.07) is 11.6. The number of para-hydroxylation sites is 1. The first-order valence-electron chi connectivity index (χ1n) is 8.68. The Hall–Kier alpha value is -2.34. The lowest BCUT2D eigenvalue weighted by atomic mass is 10.1. The van der Waals surface area contributed by atoms with Gasteiger partial charge in [-0.3, -0.25) is 4.79 Å². The molecular formula is C20H18F2N2OS. The topological polar surface area (TPSA) is 33.2 Å². The molecule has 0 saturated heterocycles. The van der Waals surface area contributed by atoms with Crippen molar-refractivity contribution in [3.8, 4) is 0 Å². The van der Waals surface area contributed by atoms with Gasteiger partial charge < -0.3 is 4.90 Å². The van der Waals surface area contributed by atoms with Gasteiger partial charge >= 0.3 is 0 Å². The minimum absolute atomic E-state index is 0.00418. The number of fused-ring (bicyclic) bond motifs is 1. The first-order valence-corrected chi connectivity index (χ1v) is 9.49. The Kier molecular flexibility index (Phi) is 4.68. The highest BCUT2D eigenvalue weighted by Gasteiger charge is 2.32. The Morgan fingerprint density at radius 1 is 1.19 bits per heavy atom. The standard InChI is InChI=1S/C20H18F2N2OS/c21-14-6-5-13(16(22)11-14)12-24(15-7-8-15)20(25)10-9-19-23-17-3-1-2-4-18(17)26-19/h1-6,11,15H,7-10,12H2. The van der Waals surface area contributed by atoms with Gasteiger partial charge in [0.1, 0.15) is 11.6 Å². The second kappa shape index (κ2) is 7.11. The van der Waals surface area contributed by atoms with E-state index in [1.807, 2.05) is 24.3 Å². The largest absolute Gasteiger partial charge is 0.335 e. The third kappa shape index (κ3) is 3.75. The molecule has 0 unspecified atom stereocenters. The molecule has 1 aliphatic rings. The average Bonchev–Trinajstić information content (AvgIpc) is 3.37. The van der Waals surface area contributed by atoms with Crippen LogP contribution in [0.5, 0.6) is 0 Å². The molecule has 0 spiro atoms. The molecule has 1 saturated carbocycles. The van der Waals surface area contributed by atoms with Crippen LogP contribution in [0.3, 0.4) is 0 Å². The number of halogens is 2. The first kappa shape index (κ1) is 17.1. The minimum atomic E-state index is -0.605. The van der Waals surface area contributed by atoms with Crippen molar-refractivity contribution < 1.29 is 13.6 Å². The van der Waals surface area contributed by atoms with E-state index in [0.717, 1.165) is 34.1 Å². The summed E-state index contributed by atoms with van der Waals surface area (Å²) < 4.78 is 28.1. The van der Waals surface area contributed by atoms with Crippen LogP contribution in [0.1, 0.15) is 29.8 Å². The zero-order valence-electron chi connectivity index (χ0n) is 14.1. The monoisotopic (exact) mass is 372 g/mol. The third-order valence-corrected chi connectivity index (χ3v) is 5.65. The predicted octanol–water partition coefficient (Wildman–Crippen LogP) is 4.70. The molecule has 1 amide bonds. The molecule has 1 fully saturated rings. The van der Waals surface area contributed by atoms with Crippen LogP contribution in [0.2, 0.25) is 0 Å². The summed E-state index contributed by atoms with van der Waals surface area (Å²) in [7, 11) is 0. The first-order chi connectivity index (χ1) is 12.6. The number of aromatic nitrogens is 1. The van der Waals surface area contributed by atoms with Crippen molar-refractivity contribution in [2.24, 2.45) is 0 Å².